The van der Waals surface area contributed by atoms with Gasteiger partial charge in [0.25, 0.3) is 0 Å². The van der Waals surface area contributed by atoms with E-state index in [0.29, 0.717) is 5.56 Å². The van der Waals surface area contributed by atoms with Crippen LogP contribution in [0, 0.1) is 0 Å². The Morgan fingerprint density at radius 3 is 2.25 bits per heavy atom. The number of anilines is 1. The molecule has 2 rings (SSSR count). The third-order valence-electron chi connectivity index (χ3n) is 1.96. The molecule has 1 fully saturated rings. The zero-order valence-electron chi connectivity index (χ0n) is 6.66. The molecule has 0 atom stereocenters. The highest BCUT2D eigenvalue weighted by molar-refractivity contribution is 5.93. The van der Waals surface area contributed by atoms with Crippen LogP contribution in [0.4, 0.5) is 5.69 Å². The fourth-order valence-corrected chi connectivity index (χ4v) is 1.14. The summed E-state index contributed by atoms with van der Waals surface area (Å²) < 4.78 is 0. The van der Waals surface area contributed by atoms with Crippen molar-refractivity contribution in [3.8, 4) is 0 Å². The minimum absolute atomic E-state index is 0.368. The number of hydrogen-bond donors (Lipinski definition) is 1. The summed E-state index contributed by atoms with van der Waals surface area (Å²) in [6.07, 6.45) is 0. The fourth-order valence-electron chi connectivity index (χ4n) is 1.14. The van der Waals surface area contributed by atoms with Crippen molar-refractivity contribution in [3.05, 3.63) is 29.8 Å². The molecule has 1 aliphatic heterocycles. The third kappa shape index (κ3) is 1.25. The molecule has 2 N–H and O–H groups in total. The SMILES string of the molecule is NC(=O)c1ccc(N2CC2)cc1. The van der Waals surface area contributed by atoms with Crippen LogP contribution in [0.2, 0.25) is 0 Å². The Balaban J connectivity index is 2.24. The van der Waals surface area contributed by atoms with Gasteiger partial charge in [0.2, 0.25) is 5.91 Å². The molecule has 0 spiro atoms. The van der Waals surface area contributed by atoms with E-state index in [1.807, 2.05) is 12.1 Å². The van der Waals surface area contributed by atoms with Crippen molar-refractivity contribution in [2.24, 2.45) is 5.73 Å². The van der Waals surface area contributed by atoms with Gasteiger partial charge in [0.05, 0.1) is 0 Å². The molecule has 0 radical (unpaired) electrons. The molecule has 3 nitrogen and oxygen atoms in total. The van der Waals surface area contributed by atoms with Gasteiger partial charge in [-0.05, 0) is 24.3 Å². The first-order valence-corrected chi connectivity index (χ1v) is 3.92. The van der Waals surface area contributed by atoms with Gasteiger partial charge in [-0.3, -0.25) is 4.79 Å². The van der Waals surface area contributed by atoms with Gasteiger partial charge in [0, 0.05) is 24.3 Å². The maximum absolute atomic E-state index is 10.7. The van der Waals surface area contributed by atoms with Crippen LogP contribution in [0.5, 0.6) is 0 Å². The standard InChI is InChI=1S/C9H10N2O/c10-9(12)7-1-3-8(4-2-7)11-5-6-11/h1-4H,5-6H2,(H2,10,12). The molecule has 1 saturated heterocycles. The summed E-state index contributed by atoms with van der Waals surface area (Å²) in [5.41, 5.74) is 6.84. The Bertz CT molecular complexity index is 301. The monoisotopic (exact) mass is 162 g/mol. The molecular formula is C9H10N2O. The van der Waals surface area contributed by atoms with Gasteiger partial charge in [0.1, 0.15) is 0 Å². The molecule has 62 valence electrons. The number of primary amides is 1. The molecule has 1 amide bonds. The van der Waals surface area contributed by atoms with Gasteiger partial charge >= 0.3 is 0 Å². The quantitative estimate of drug-likeness (QED) is 0.647. The van der Waals surface area contributed by atoms with Gasteiger partial charge in [-0.2, -0.15) is 0 Å². The van der Waals surface area contributed by atoms with Crippen molar-refractivity contribution in [1.82, 2.24) is 0 Å². The van der Waals surface area contributed by atoms with Gasteiger partial charge in [-0.1, -0.05) is 0 Å². The summed E-state index contributed by atoms with van der Waals surface area (Å²) in [6, 6.07) is 7.37. The van der Waals surface area contributed by atoms with Crippen LogP contribution in [0.25, 0.3) is 0 Å². The minimum Gasteiger partial charge on any atom is -0.368 e. The van der Waals surface area contributed by atoms with Gasteiger partial charge in [0.15, 0.2) is 0 Å². The van der Waals surface area contributed by atoms with Crippen LogP contribution in [-0.4, -0.2) is 19.0 Å². The Kier molecular flexibility index (Phi) is 1.50. The maximum atomic E-state index is 10.7. The highest BCUT2D eigenvalue weighted by Gasteiger charge is 2.17. The Hall–Kier alpha value is -1.51. The highest BCUT2D eigenvalue weighted by atomic mass is 16.1. The van der Waals surface area contributed by atoms with E-state index in [-0.39, 0.29) is 5.91 Å². The largest absolute Gasteiger partial charge is 0.368 e. The molecule has 12 heavy (non-hydrogen) atoms. The molecule has 0 saturated carbocycles. The second kappa shape index (κ2) is 2.52. The lowest BCUT2D eigenvalue weighted by molar-refractivity contribution is 0.100. The Morgan fingerprint density at radius 1 is 1.25 bits per heavy atom. The molecule has 0 aliphatic carbocycles. The summed E-state index contributed by atoms with van der Waals surface area (Å²) in [5.74, 6) is -0.368. The van der Waals surface area contributed by atoms with E-state index in [1.165, 1.54) is 5.69 Å². The summed E-state index contributed by atoms with van der Waals surface area (Å²) in [7, 11) is 0. The number of rotatable bonds is 2. The fraction of sp³-hybridized carbons (Fsp3) is 0.222. The first kappa shape index (κ1) is 7.16. The Labute approximate surface area is 70.8 Å². The lowest BCUT2D eigenvalue weighted by atomic mass is 10.2. The van der Waals surface area contributed by atoms with Crippen molar-refractivity contribution in [1.29, 1.82) is 0 Å². The van der Waals surface area contributed by atoms with Crippen molar-refractivity contribution in [2.45, 2.75) is 0 Å². The number of benzene rings is 1. The molecule has 1 aromatic carbocycles. The molecule has 1 heterocycles. The van der Waals surface area contributed by atoms with E-state index in [1.54, 1.807) is 12.1 Å². The average Bonchev–Trinajstić information content (AvgIpc) is 2.87. The number of amides is 1. The zero-order valence-corrected chi connectivity index (χ0v) is 6.66. The zero-order chi connectivity index (χ0) is 8.55. The second-order valence-corrected chi connectivity index (χ2v) is 2.90. The van der Waals surface area contributed by atoms with Crippen LogP contribution in [-0.2, 0) is 0 Å². The molecule has 3 heteroatoms. The van der Waals surface area contributed by atoms with Gasteiger partial charge in [-0.15, -0.1) is 0 Å². The summed E-state index contributed by atoms with van der Waals surface area (Å²) >= 11 is 0. The number of nitrogens with zero attached hydrogens (tertiary/aromatic N) is 1. The number of carbonyl (C=O) groups is 1. The van der Waals surface area contributed by atoms with Gasteiger partial charge in [-0.25, -0.2) is 0 Å². The molecule has 1 aromatic rings. The van der Waals surface area contributed by atoms with Crippen LogP contribution < -0.4 is 10.6 Å². The van der Waals surface area contributed by atoms with E-state index >= 15 is 0 Å². The number of carbonyl (C=O) groups excluding carboxylic acids is 1. The number of nitrogens with two attached hydrogens (primary N) is 1. The first-order valence-electron chi connectivity index (χ1n) is 3.92. The van der Waals surface area contributed by atoms with Crippen LogP contribution in [0.15, 0.2) is 24.3 Å². The topological polar surface area (TPSA) is 46.1 Å². The minimum atomic E-state index is -0.368. The second-order valence-electron chi connectivity index (χ2n) is 2.90. The van der Waals surface area contributed by atoms with E-state index < -0.39 is 0 Å². The van der Waals surface area contributed by atoms with Crippen molar-refractivity contribution in [2.75, 3.05) is 18.0 Å². The third-order valence-corrected chi connectivity index (χ3v) is 1.96. The number of hydrogen-bond acceptors (Lipinski definition) is 2. The summed E-state index contributed by atoms with van der Waals surface area (Å²) in [6.45, 7) is 2.24. The highest BCUT2D eigenvalue weighted by Crippen LogP contribution is 2.20. The molecule has 0 unspecified atom stereocenters. The smallest absolute Gasteiger partial charge is 0.248 e. The molecular weight excluding hydrogens is 152 g/mol. The van der Waals surface area contributed by atoms with Crippen LogP contribution in [0.3, 0.4) is 0 Å². The molecule has 1 aliphatic rings. The van der Waals surface area contributed by atoms with Gasteiger partial charge < -0.3 is 10.6 Å². The van der Waals surface area contributed by atoms with Crippen molar-refractivity contribution < 1.29 is 4.79 Å². The van der Waals surface area contributed by atoms with E-state index in [9.17, 15) is 4.79 Å². The normalized spacial score (nSPS) is 14.5. The molecule has 0 aromatic heterocycles. The summed E-state index contributed by atoms with van der Waals surface area (Å²) in [4.78, 5) is 12.9. The first-order chi connectivity index (χ1) is 5.77. The predicted octanol–water partition coefficient (Wildman–Crippen LogP) is 0.605. The lowest BCUT2D eigenvalue weighted by Crippen LogP contribution is -2.10. The average molecular weight is 162 g/mol. The summed E-state index contributed by atoms with van der Waals surface area (Å²) in [5, 5.41) is 0. The van der Waals surface area contributed by atoms with E-state index in [2.05, 4.69) is 4.90 Å². The van der Waals surface area contributed by atoms with E-state index in [0.717, 1.165) is 13.1 Å². The predicted molar refractivity (Wildman–Crippen MR) is 47.2 cm³/mol. The molecule has 0 bridgehead atoms. The van der Waals surface area contributed by atoms with Crippen LogP contribution in [0.1, 0.15) is 10.4 Å². The Morgan fingerprint density at radius 2 is 1.83 bits per heavy atom. The van der Waals surface area contributed by atoms with Crippen LogP contribution >= 0.6 is 0 Å². The maximum Gasteiger partial charge on any atom is 0.248 e. The van der Waals surface area contributed by atoms with E-state index in [4.69, 9.17) is 5.73 Å². The lowest BCUT2D eigenvalue weighted by Gasteiger charge is -2.01. The van der Waals surface area contributed by atoms with Crippen molar-refractivity contribution >= 4 is 11.6 Å². The van der Waals surface area contributed by atoms with Crippen molar-refractivity contribution in [3.63, 3.8) is 0 Å².